The molecule has 4 N–H and O–H groups in total. The van der Waals surface area contributed by atoms with Gasteiger partial charge in [-0.3, -0.25) is 14.3 Å². The molecule has 0 saturated carbocycles. The predicted molar refractivity (Wildman–Crippen MR) is 137 cm³/mol. The molecule has 0 radical (unpaired) electrons. The molecule has 2 aliphatic heterocycles. The molecule has 3 aromatic rings. The van der Waals surface area contributed by atoms with Gasteiger partial charge in [-0.25, -0.2) is 23.4 Å². The highest BCUT2D eigenvalue weighted by molar-refractivity contribution is 5.87. The van der Waals surface area contributed by atoms with Gasteiger partial charge in [-0.15, -0.1) is 0 Å². The molecule has 0 bridgehead atoms. The van der Waals surface area contributed by atoms with Crippen LogP contribution in [0.1, 0.15) is 43.2 Å². The van der Waals surface area contributed by atoms with Crippen molar-refractivity contribution in [2.24, 2.45) is 0 Å². The highest BCUT2D eigenvalue weighted by Crippen LogP contribution is 2.32. The molecule has 41 heavy (non-hydrogen) atoms. The summed E-state index contributed by atoms with van der Waals surface area (Å²) >= 11 is 0. The van der Waals surface area contributed by atoms with Crippen molar-refractivity contribution in [1.82, 2.24) is 29.7 Å². The van der Waals surface area contributed by atoms with Gasteiger partial charge in [0, 0.05) is 37.8 Å². The maximum Gasteiger partial charge on any atom is 0.406 e. The number of pyridine rings is 1. The lowest BCUT2D eigenvalue weighted by Gasteiger charge is -2.34. The van der Waals surface area contributed by atoms with Crippen LogP contribution in [0.2, 0.25) is 0 Å². The molecule has 1 unspecified atom stereocenters. The summed E-state index contributed by atoms with van der Waals surface area (Å²) in [6.45, 7) is -1.55. The zero-order valence-corrected chi connectivity index (χ0v) is 21.8. The summed E-state index contributed by atoms with van der Waals surface area (Å²) in [5, 5.41) is 2.56. The monoisotopic (exact) mass is 584 g/mol. The second-order valence-corrected chi connectivity index (χ2v) is 10.1. The standard InChI is InChI=1S/C26H27F5N6O3.H2O/c27-18-4-1-3-17(21(18)28)15-6-7-19(23(38)36(13-15)14-26(29,30)31)33-24(39)35-11-8-16(9-12-35)37-20-5-2-10-32-22(20)34-25(37)40;/h1-5,10,15-16,19H,6-9,11-14H2,(H,33,39)(H,32,34,40);1H2/t15-,19?;/m1./s1. The number of fused-ring (bicyclic) bond motifs is 1. The van der Waals surface area contributed by atoms with Gasteiger partial charge >= 0.3 is 17.9 Å². The Morgan fingerprint density at radius 2 is 1.78 bits per heavy atom. The van der Waals surface area contributed by atoms with Crippen LogP contribution in [0.25, 0.3) is 11.2 Å². The van der Waals surface area contributed by atoms with Crippen molar-refractivity contribution in [2.75, 3.05) is 26.2 Å². The van der Waals surface area contributed by atoms with E-state index in [0.717, 1.165) is 6.07 Å². The molecule has 5 rings (SSSR count). The van der Waals surface area contributed by atoms with E-state index in [4.69, 9.17) is 0 Å². The second kappa shape index (κ2) is 11.8. The van der Waals surface area contributed by atoms with Gasteiger partial charge in [-0.2, -0.15) is 13.2 Å². The Hall–Kier alpha value is -4.01. The Labute approximate surface area is 230 Å². The van der Waals surface area contributed by atoms with Gasteiger partial charge in [0.2, 0.25) is 5.91 Å². The number of rotatable bonds is 4. The number of piperidine rings is 1. The third-order valence-electron chi connectivity index (χ3n) is 7.55. The van der Waals surface area contributed by atoms with Gasteiger partial charge in [0.25, 0.3) is 0 Å². The number of nitrogens with zero attached hydrogens (tertiary/aromatic N) is 4. The number of amides is 3. The van der Waals surface area contributed by atoms with Crippen molar-refractivity contribution in [2.45, 2.75) is 49.9 Å². The van der Waals surface area contributed by atoms with E-state index in [0.29, 0.717) is 28.9 Å². The summed E-state index contributed by atoms with van der Waals surface area (Å²) in [5.74, 6) is -4.11. The molecular formula is C26H29F5N6O4. The molecule has 2 aliphatic rings. The van der Waals surface area contributed by atoms with Crippen LogP contribution in [-0.2, 0) is 4.79 Å². The minimum atomic E-state index is -4.72. The van der Waals surface area contributed by atoms with Crippen molar-refractivity contribution >= 4 is 23.1 Å². The van der Waals surface area contributed by atoms with E-state index in [1.807, 2.05) is 0 Å². The SMILES string of the molecule is O.O=C(NC1CC[C@@H](c2cccc(F)c2F)CN(CC(F)(F)F)C1=O)N1CCC(n2c(=O)[nH]c3ncccc32)CC1. The molecular weight excluding hydrogens is 555 g/mol. The first-order chi connectivity index (χ1) is 19.0. The van der Waals surface area contributed by atoms with Crippen LogP contribution in [0.4, 0.5) is 26.7 Å². The van der Waals surface area contributed by atoms with E-state index < -0.39 is 54.8 Å². The Morgan fingerprint density at radius 1 is 1.05 bits per heavy atom. The number of benzene rings is 1. The lowest BCUT2D eigenvalue weighted by molar-refractivity contribution is -0.162. The number of hydrogen-bond donors (Lipinski definition) is 2. The fourth-order valence-electron chi connectivity index (χ4n) is 5.63. The smallest absolute Gasteiger partial charge is 0.406 e. The zero-order valence-electron chi connectivity index (χ0n) is 21.8. The number of urea groups is 1. The van der Waals surface area contributed by atoms with Gasteiger partial charge in [0.05, 0.1) is 5.52 Å². The van der Waals surface area contributed by atoms with E-state index in [1.165, 1.54) is 17.0 Å². The van der Waals surface area contributed by atoms with Crippen molar-refractivity contribution in [3.63, 3.8) is 0 Å². The van der Waals surface area contributed by atoms with E-state index >= 15 is 0 Å². The van der Waals surface area contributed by atoms with Gasteiger partial charge in [-0.1, -0.05) is 12.1 Å². The first-order valence-electron chi connectivity index (χ1n) is 12.9. The Morgan fingerprint density at radius 3 is 2.49 bits per heavy atom. The predicted octanol–water partition coefficient (Wildman–Crippen LogP) is 2.86. The van der Waals surface area contributed by atoms with Crippen LogP contribution >= 0.6 is 0 Å². The minimum Gasteiger partial charge on any atom is -0.412 e. The summed E-state index contributed by atoms with van der Waals surface area (Å²) in [7, 11) is 0. The van der Waals surface area contributed by atoms with Crippen molar-refractivity contribution in [3.05, 3.63) is 64.2 Å². The number of halogens is 5. The number of nitrogens with one attached hydrogen (secondary N) is 2. The Kier molecular flexibility index (Phi) is 8.66. The largest absolute Gasteiger partial charge is 0.412 e. The molecule has 10 nitrogen and oxygen atoms in total. The fourth-order valence-corrected chi connectivity index (χ4v) is 5.63. The topological polar surface area (TPSA) is 135 Å². The zero-order chi connectivity index (χ0) is 28.6. The summed E-state index contributed by atoms with van der Waals surface area (Å²) in [6, 6.07) is 4.87. The number of H-pyrrole nitrogens is 1. The maximum absolute atomic E-state index is 14.5. The van der Waals surface area contributed by atoms with Crippen LogP contribution in [0.3, 0.4) is 0 Å². The highest BCUT2D eigenvalue weighted by atomic mass is 19.4. The number of hydrogen-bond acceptors (Lipinski definition) is 4. The van der Waals surface area contributed by atoms with Gasteiger partial charge in [0.15, 0.2) is 17.3 Å². The van der Waals surface area contributed by atoms with Crippen LogP contribution in [0.5, 0.6) is 0 Å². The molecule has 2 saturated heterocycles. The van der Waals surface area contributed by atoms with Crippen molar-refractivity contribution in [3.8, 4) is 0 Å². The molecule has 2 fully saturated rings. The highest BCUT2D eigenvalue weighted by Gasteiger charge is 2.40. The molecule has 1 aromatic carbocycles. The molecule has 4 heterocycles. The minimum absolute atomic E-state index is 0. The molecule has 15 heteroatoms. The molecule has 2 atom stereocenters. The first-order valence-corrected chi connectivity index (χ1v) is 12.9. The van der Waals surface area contributed by atoms with E-state index in [9.17, 15) is 36.3 Å². The van der Waals surface area contributed by atoms with E-state index in [1.54, 1.807) is 22.9 Å². The number of carbonyl (C=O) groups excluding carboxylic acids is 2. The average Bonchev–Trinajstić information content (AvgIpc) is 3.18. The molecule has 0 spiro atoms. The Bertz CT molecular complexity index is 1470. The fraction of sp³-hybridized carbons (Fsp3) is 0.462. The molecule has 2 aromatic heterocycles. The van der Waals surface area contributed by atoms with Crippen molar-refractivity contribution < 1.29 is 37.0 Å². The summed E-state index contributed by atoms with van der Waals surface area (Å²) in [6.07, 6.45) is -2.27. The number of alkyl halides is 3. The molecule has 3 amide bonds. The summed E-state index contributed by atoms with van der Waals surface area (Å²) in [4.78, 5) is 47.5. The number of aromatic nitrogens is 3. The number of carbonyl (C=O) groups is 2. The number of likely N-dealkylation sites (tertiary alicyclic amines) is 2. The maximum atomic E-state index is 14.5. The molecule has 0 aliphatic carbocycles. The normalized spacial score (nSPS) is 20.6. The first kappa shape index (κ1) is 30.0. The quantitative estimate of drug-likeness (QED) is 0.456. The van der Waals surface area contributed by atoms with Crippen molar-refractivity contribution in [1.29, 1.82) is 0 Å². The lowest BCUT2D eigenvalue weighted by Crippen LogP contribution is -2.54. The average molecular weight is 585 g/mol. The number of imidazole rings is 1. The van der Waals surface area contributed by atoms with Crippen LogP contribution in [0.15, 0.2) is 41.3 Å². The van der Waals surface area contributed by atoms with Crippen LogP contribution in [0, 0.1) is 11.6 Å². The molecule has 222 valence electrons. The third kappa shape index (κ3) is 6.34. The summed E-state index contributed by atoms with van der Waals surface area (Å²) < 4.78 is 69.9. The van der Waals surface area contributed by atoms with E-state index in [2.05, 4.69) is 15.3 Å². The van der Waals surface area contributed by atoms with Crippen LogP contribution < -0.4 is 11.0 Å². The van der Waals surface area contributed by atoms with Gasteiger partial charge in [-0.05, 0) is 49.4 Å². The number of aromatic amines is 1. The van der Waals surface area contributed by atoms with Gasteiger partial charge < -0.3 is 20.6 Å². The lowest BCUT2D eigenvalue weighted by atomic mass is 9.93. The third-order valence-corrected chi connectivity index (χ3v) is 7.55. The van der Waals surface area contributed by atoms with Crippen LogP contribution in [-0.4, -0.2) is 80.1 Å². The van der Waals surface area contributed by atoms with Gasteiger partial charge in [0.1, 0.15) is 12.6 Å². The second-order valence-electron chi connectivity index (χ2n) is 10.1. The van der Waals surface area contributed by atoms with E-state index in [-0.39, 0.29) is 48.7 Å². The summed E-state index contributed by atoms with van der Waals surface area (Å²) in [5.41, 5.74) is 0.680. The Balaban J connectivity index is 0.00000387.